The van der Waals surface area contributed by atoms with Crippen LogP contribution in [-0.2, 0) is 16.0 Å². The molecule has 34 heavy (non-hydrogen) atoms. The standard InChI is InChI=1S/C27H24BrNO5/c1-33-21-13-10-19(16-22(21)34-2)24-23(25(30)18-8-11-20(28)12-9-18)26(31)27(32)29(24)15-14-17-6-4-3-5-7-17/h3-13,16,24,30H,14-15H2,1-2H3/b25-23-. The van der Waals surface area contributed by atoms with Crippen LogP contribution in [0.1, 0.15) is 22.7 Å². The summed E-state index contributed by atoms with van der Waals surface area (Å²) in [5.74, 6) is -0.576. The van der Waals surface area contributed by atoms with E-state index in [1.54, 1.807) is 42.5 Å². The van der Waals surface area contributed by atoms with Crippen molar-refractivity contribution in [2.24, 2.45) is 0 Å². The first kappa shape index (κ1) is 23.6. The molecule has 1 fully saturated rings. The summed E-state index contributed by atoms with van der Waals surface area (Å²) in [6, 6.07) is 21.2. The maximum Gasteiger partial charge on any atom is 0.295 e. The molecule has 0 saturated carbocycles. The third-order valence-electron chi connectivity index (χ3n) is 5.87. The van der Waals surface area contributed by atoms with Gasteiger partial charge in [0.2, 0.25) is 0 Å². The van der Waals surface area contributed by atoms with Gasteiger partial charge in [-0.3, -0.25) is 9.59 Å². The number of halogens is 1. The number of ether oxygens (including phenoxy) is 2. The molecular weight excluding hydrogens is 498 g/mol. The second kappa shape index (κ2) is 10.1. The summed E-state index contributed by atoms with van der Waals surface area (Å²) in [6.45, 7) is 0.310. The van der Waals surface area contributed by atoms with Crippen molar-refractivity contribution in [3.05, 3.63) is 99.5 Å². The Balaban J connectivity index is 1.82. The molecule has 0 radical (unpaired) electrons. The molecule has 1 amide bonds. The largest absolute Gasteiger partial charge is 0.507 e. The highest BCUT2D eigenvalue weighted by Crippen LogP contribution is 2.42. The Morgan fingerprint density at radius 2 is 1.62 bits per heavy atom. The molecule has 1 heterocycles. The van der Waals surface area contributed by atoms with Crippen molar-refractivity contribution in [1.29, 1.82) is 0 Å². The predicted octanol–water partition coefficient (Wildman–Crippen LogP) is 5.13. The molecular formula is C27H24BrNO5. The first-order valence-corrected chi connectivity index (χ1v) is 11.5. The van der Waals surface area contributed by atoms with E-state index in [2.05, 4.69) is 15.9 Å². The Labute approximate surface area is 206 Å². The van der Waals surface area contributed by atoms with Gasteiger partial charge in [-0.05, 0) is 41.8 Å². The van der Waals surface area contributed by atoms with Crippen LogP contribution in [0.4, 0.5) is 0 Å². The summed E-state index contributed by atoms with van der Waals surface area (Å²) in [6.07, 6.45) is 0.565. The molecule has 1 aliphatic heterocycles. The lowest BCUT2D eigenvalue weighted by molar-refractivity contribution is -0.139. The molecule has 1 N–H and O–H groups in total. The van der Waals surface area contributed by atoms with Crippen LogP contribution < -0.4 is 9.47 Å². The zero-order chi connectivity index (χ0) is 24.2. The van der Waals surface area contributed by atoms with Gasteiger partial charge in [-0.2, -0.15) is 0 Å². The van der Waals surface area contributed by atoms with Gasteiger partial charge in [0.05, 0.1) is 25.8 Å². The molecule has 0 aromatic heterocycles. The highest BCUT2D eigenvalue weighted by Gasteiger charge is 2.46. The molecule has 7 heteroatoms. The highest BCUT2D eigenvalue weighted by molar-refractivity contribution is 9.10. The Morgan fingerprint density at radius 1 is 0.941 bits per heavy atom. The van der Waals surface area contributed by atoms with Crippen LogP contribution in [0, 0.1) is 0 Å². The van der Waals surface area contributed by atoms with Gasteiger partial charge < -0.3 is 19.5 Å². The lowest BCUT2D eigenvalue weighted by atomic mass is 9.95. The number of amides is 1. The van der Waals surface area contributed by atoms with Crippen molar-refractivity contribution in [3.8, 4) is 11.5 Å². The molecule has 1 aliphatic rings. The van der Waals surface area contributed by atoms with Crippen LogP contribution >= 0.6 is 15.9 Å². The summed E-state index contributed by atoms with van der Waals surface area (Å²) in [7, 11) is 3.06. The summed E-state index contributed by atoms with van der Waals surface area (Å²) in [5.41, 5.74) is 2.19. The van der Waals surface area contributed by atoms with E-state index in [0.717, 1.165) is 10.0 Å². The third-order valence-corrected chi connectivity index (χ3v) is 6.39. The van der Waals surface area contributed by atoms with E-state index in [-0.39, 0.29) is 11.3 Å². The van der Waals surface area contributed by atoms with Gasteiger partial charge in [-0.15, -0.1) is 0 Å². The lowest BCUT2D eigenvalue weighted by Gasteiger charge is -2.26. The molecule has 0 spiro atoms. The molecule has 6 nitrogen and oxygen atoms in total. The topological polar surface area (TPSA) is 76.1 Å². The fourth-order valence-electron chi connectivity index (χ4n) is 4.14. The predicted molar refractivity (Wildman–Crippen MR) is 133 cm³/mol. The van der Waals surface area contributed by atoms with E-state index in [1.807, 2.05) is 30.3 Å². The van der Waals surface area contributed by atoms with Gasteiger partial charge in [-0.1, -0.05) is 64.5 Å². The number of carbonyl (C=O) groups is 2. The minimum absolute atomic E-state index is 0.0487. The summed E-state index contributed by atoms with van der Waals surface area (Å²) in [4.78, 5) is 27.9. The van der Waals surface area contributed by atoms with Gasteiger partial charge in [-0.25, -0.2) is 0 Å². The molecule has 0 bridgehead atoms. The summed E-state index contributed by atoms with van der Waals surface area (Å²) in [5, 5.41) is 11.2. The molecule has 174 valence electrons. The molecule has 3 aromatic carbocycles. The van der Waals surface area contributed by atoms with Crippen molar-refractivity contribution in [1.82, 2.24) is 4.90 Å². The average molecular weight is 522 g/mol. The van der Waals surface area contributed by atoms with Crippen molar-refractivity contribution in [3.63, 3.8) is 0 Å². The smallest absolute Gasteiger partial charge is 0.295 e. The molecule has 3 aromatic rings. The number of aliphatic hydroxyl groups excluding tert-OH is 1. The van der Waals surface area contributed by atoms with Gasteiger partial charge in [0, 0.05) is 16.6 Å². The Kier molecular flexibility index (Phi) is 7.03. The maximum absolute atomic E-state index is 13.2. The number of nitrogens with zero attached hydrogens (tertiary/aromatic N) is 1. The number of ketones is 1. The van der Waals surface area contributed by atoms with Crippen molar-refractivity contribution < 1.29 is 24.2 Å². The number of Topliss-reactive ketones (excluding diaryl/α,β-unsaturated/α-hetero) is 1. The van der Waals surface area contributed by atoms with Crippen LogP contribution in [0.5, 0.6) is 11.5 Å². The lowest BCUT2D eigenvalue weighted by Crippen LogP contribution is -2.31. The summed E-state index contributed by atoms with van der Waals surface area (Å²) >= 11 is 3.38. The molecule has 0 aliphatic carbocycles. The minimum atomic E-state index is -0.771. The Hall–Kier alpha value is -3.58. The van der Waals surface area contributed by atoms with Crippen LogP contribution in [-0.4, -0.2) is 42.5 Å². The second-order valence-corrected chi connectivity index (χ2v) is 8.77. The number of likely N-dealkylation sites (tertiary alicyclic amines) is 1. The summed E-state index contributed by atoms with van der Waals surface area (Å²) < 4.78 is 11.6. The zero-order valence-corrected chi connectivity index (χ0v) is 20.4. The number of methoxy groups -OCH3 is 2. The molecule has 1 atom stereocenters. The van der Waals surface area contributed by atoms with Gasteiger partial charge in [0.15, 0.2) is 11.5 Å². The number of rotatable bonds is 7. The minimum Gasteiger partial charge on any atom is -0.507 e. The zero-order valence-electron chi connectivity index (χ0n) is 18.8. The van der Waals surface area contributed by atoms with Crippen molar-refractivity contribution in [2.45, 2.75) is 12.5 Å². The van der Waals surface area contributed by atoms with E-state index in [4.69, 9.17) is 9.47 Å². The fourth-order valence-corrected chi connectivity index (χ4v) is 4.40. The van der Waals surface area contributed by atoms with E-state index >= 15 is 0 Å². The van der Waals surface area contributed by atoms with Crippen LogP contribution in [0.2, 0.25) is 0 Å². The maximum atomic E-state index is 13.2. The van der Waals surface area contributed by atoms with Crippen LogP contribution in [0.15, 0.2) is 82.8 Å². The Bertz CT molecular complexity index is 1240. The second-order valence-electron chi connectivity index (χ2n) is 7.85. The number of aliphatic hydroxyl groups is 1. The molecule has 1 saturated heterocycles. The average Bonchev–Trinajstić information content (AvgIpc) is 3.12. The number of hydrogen-bond donors (Lipinski definition) is 1. The van der Waals surface area contributed by atoms with Crippen molar-refractivity contribution in [2.75, 3.05) is 20.8 Å². The molecule has 4 rings (SSSR count). The van der Waals surface area contributed by atoms with Crippen LogP contribution in [0.25, 0.3) is 5.76 Å². The molecule has 1 unspecified atom stereocenters. The van der Waals surface area contributed by atoms with E-state index < -0.39 is 17.7 Å². The van der Waals surface area contributed by atoms with Gasteiger partial charge in [0.1, 0.15) is 5.76 Å². The van der Waals surface area contributed by atoms with Gasteiger partial charge >= 0.3 is 0 Å². The van der Waals surface area contributed by atoms with E-state index in [0.29, 0.717) is 35.6 Å². The Morgan fingerprint density at radius 3 is 2.26 bits per heavy atom. The highest BCUT2D eigenvalue weighted by atomic mass is 79.9. The normalized spacial score (nSPS) is 17.1. The SMILES string of the molecule is COc1ccc(C2/C(=C(/O)c3ccc(Br)cc3)C(=O)C(=O)N2CCc2ccccc2)cc1OC. The fraction of sp³-hybridized carbons (Fsp3) is 0.185. The monoisotopic (exact) mass is 521 g/mol. The first-order chi connectivity index (χ1) is 16.4. The van der Waals surface area contributed by atoms with E-state index in [9.17, 15) is 14.7 Å². The van der Waals surface area contributed by atoms with Gasteiger partial charge in [0.25, 0.3) is 11.7 Å². The quantitative estimate of drug-likeness (QED) is 0.265. The first-order valence-electron chi connectivity index (χ1n) is 10.7. The van der Waals surface area contributed by atoms with Crippen molar-refractivity contribution >= 4 is 33.4 Å². The number of hydrogen-bond acceptors (Lipinski definition) is 5. The number of benzene rings is 3. The van der Waals surface area contributed by atoms with Crippen LogP contribution in [0.3, 0.4) is 0 Å². The van der Waals surface area contributed by atoms with E-state index in [1.165, 1.54) is 19.1 Å². The number of carbonyl (C=O) groups excluding carboxylic acids is 2. The third kappa shape index (κ3) is 4.56.